The fraction of sp³-hybridized carbons (Fsp3) is 0. The number of hydrogen-bond acceptors (Lipinski definition) is 2. The zero-order valence-corrected chi connectivity index (χ0v) is 13.8. The van der Waals surface area contributed by atoms with Gasteiger partial charge in [-0.05, 0) is 39.7 Å². The van der Waals surface area contributed by atoms with Gasteiger partial charge in [-0.25, -0.2) is 9.82 Å². The molecule has 0 heterocycles. The van der Waals surface area contributed by atoms with Gasteiger partial charge in [0.25, 0.3) is 5.91 Å². The average molecular weight is 342 g/mol. The number of nitrogens with zero attached hydrogens (tertiary/aromatic N) is 1. The Morgan fingerprint density at radius 2 is 1.42 bits per heavy atom. The summed E-state index contributed by atoms with van der Waals surface area (Å²) in [6.45, 7) is 0. The average Bonchev–Trinajstić information content (AvgIpc) is 2.67. The van der Waals surface area contributed by atoms with Crippen LogP contribution in [0.4, 0.5) is 4.39 Å². The first-order valence-electron chi connectivity index (χ1n) is 8.22. The topological polar surface area (TPSA) is 41.5 Å². The first-order chi connectivity index (χ1) is 12.7. The Bertz CT molecular complexity index is 1100. The molecule has 0 unspecified atom stereocenters. The second-order valence-electron chi connectivity index (χ2n) is 5.91. The highest BCUT2D eigenvalue weighted by Gasteiger charge is 2.10. The van der Waals surface area contributed by atoms with Gasteiger partial charge >= 0.3 is 0 Å². The Morgan fingerprint density at radius 3 is 2.08 bits per heavy atom. The van der Waals surface area contributed by atoms with Crippen molar-refractivity contribution in [1.82, 2.24) is 5.43 Å². The molecular formula is C22H15FN2O. The first kappa shape index (κ1) is 16.0. The zero-order chi connectivity index (χ0) is 17.9. The van der Waals surface area contributed by atoms with Crippen LogP contribution in [0.25, 0.3) is 21.5 Å². The molecule has 0 aliphatic heterocycles. The van der Waals surface area contributed by atoms with Crippen LogP contribution in [0.5, 0.6) is 0 Å². The number of benzene rings is 4. The fourth-order valence-corrected chi connectivity index (χ4v) is 3.05. The van der Waals surface area contributed by atoms with Gasteiger partial charge in [-0.1, -0.05) is 60.7 Å². The number of fused-ring (bicyclic) bond motifs is 2. The highest BCUT2D eigenvalue weighted by atomic mass is 19.1. The van der Waals surface area contributed by atoms with Crippen molar-refractivity contribution < 1.29 is 9.18 Å². The molecule has 3 nitrogen and oxygen atoms in total. The van der Waals surface area contributed by atoms with Crippen LogP contribution in [0.1, 0.15) is 15.9 Å². The molecule has 0 aliphatic rings. The second-order valence-corrected chi connectivity index (χ2v) is 5.91. The summed E-state index contributed by atoms with van der Waals surface area (Å²) in [5, 5.41) is 8.32. The number of carbonyl (C=O) groups excluding carboxylic acids is 1. The highest BCUT2D eigenvalue weighted by Crippen LogP contribution is 2.27. The number of amides is 1. The molecule has 4 aromatic rings. The molecule has 0 fully saturated rings. The van der Waals surface area contributed by atoms with E-state index < -0.39 is 11.7 Å². The lowest BCUT2D eigenvalue weighted by atomic mass is 9.97. The van der Waals surface area contributed by atoms with Gasteiger partial charge in [0.15, 0.2) is 0 Å². The summed E-state index contributed by atoms with van der Waals surface area (Å²) in [6.07, 6.45) is 1.61. The molecule has 0 aliphatic carbocycles. The van der Waals surface area contributed by atoms with E-state index in [1.54, 1.807) is 12.3 Å². The maximum atomic E-state index is 13.7. The molecule has 126 valence electrons. The van der Waals surface area contributed by atoms with Crippen LogP contribution < -0.4 is 5.43 Å². The number of halogens is 1. The number of rotatable bonds is 3. The van der Waals surface area contributed by atoms with Crippen LogP contribution >= 0.6 is 0 Å². The molecular weight excluding hydrogens is 327 g/mol. The monoisotopic (exact) mass is 342 g/mol. The van der Waals surface area contributed by atoms with Gasteiger partial charge in [0, 0.05) is 5.56 Å². The van der Waals surface area contributed by atoms with E-state index in [0.717, 1.165) is 27.1 Å². The molecule has 0 radical (unpaired) electrons. The minimum absolute atomic E-state index is 0.0348. The van der Waals surface area contributed by atoms with Crippen molar-refractivity contribution in [2.45, 2.75) is 0 Å². The molecule has 0 atom stereocenters. The van der Waals surface area contributed by atoms with Crippen molar-refractivity contribution >= 4 is 33.7 Å². The third-order valence-electron chi connectivity index (χ3n) is 4.29. The Balaban J connectivity index is 1.73. The van der Waals surface area contributed by atoms with Crippen LogP contribution in [-0.2, 0) is 0 Å². The summed E-state index contributed by atoms with van der Waals surface area (Å²) in [6, 6.07) is 24.0. The minimum atomic E-state index is -0.580. The zero-order valence-electron chi connectivity index (χ0n) is 13.8. The Labute approximate surface area is 149 Å². The summed E-state index contributed by atoms with van der Waals surface area (Å²) in [4.78, 5) is 12.1. The molecule has 4 aromatic carbocycles. The van der Waals surface area contributed by atoms with E-state index in [2.05, 4.69) is 16.6 Å². The van der Waals surface area contributed by atoms with E-state index >= 15 is 0 Å². The van der Waals surface area contributed by atoms with Gasteiger partial charge in [-0.2, -0.15) is 5.10 Å². The first-order valence-corrected chi connectivity index (χ1v) is 8.22. The molecule has 1 N–H and O–H groups in total. The van der Waals surface area contributed by atoms with Gasteiger partial charge in [0.1, 0.15) is 5.82 Å². The molecule has 1 amide bonds. The minimum Gasteiger partial charge on any atom is -0.267 e. The molecule has 0 saturated carbocycles. The van der Waals surface area contributed by atoms with Crippen molar-refractivity contribution in [2.24, 2.45) is 5.10 Å². The van der Waals surface area contributed by atoms with Crippen molar-refractivity contribution in [2.75, 3.05) is 0 Å². The third-order valence-corrected chi connectivity index (χ3v) is 4.29. The molecule has 0 aromatic heterocycles. The van der Waals surface area contributed by atoms with Gasteiger partial charge in [0.2, 0.25) is 0 Å². The van der Waals surface area contributed by atoms with Crippen molar-refractivity contribution in [3.63, 3.8) is 0 Å². The number of hydrazone groups is 1. The Kier molecular flexibility index (Phi) is 4.15. The summed E-state index contributed by atoms with van der Waals surface area (Å²) in [5.74, 6) is -1.15. The van der Waals surface area contributed by atoms with Crippen molar-refractivity contribution in [3.8, 4) is 0 Å². The van der Waals surface area contributed by atoms with Gasteiger partial charge < -0.3 is 0 Å². The lowest BCUT2D eigenvalue weighted by Gasteiger charge is -2.08. The number of hydrogen-bond donors (Lipinski definition) is 1. The van der Waals surface area contributed by atoms with Crippen LogP contribution in [0.3, 0.4) is 0 Å². The molecule has 4 heteroatoms. The van der Waals surface area contributed by atoms with Crippen LogP contribution in [0.2, 0.25) is 0 Å². The van der Waals surface area contributed by atoms with E-state index in [0.29, 0.717) is 0 Å². The van der Waals surface area contributed by atoms with Gasteiger partial charge in [-0.3, -0.25) is 4.79 Å². The summed E-state index contributed by atoms with van der Waals surface area (Å²) in [5.41, 5.74) is 3.28. The number of carbonyl (C=O) groups is 1. The van der Waals surface area contributed by atoms with Gasteiger partial charge in [0.05, 0.1) is 11.8 Å². The van der Waals surface area contributed by atoms with Crippen molar-refractivity contribution in [3.05, 3.63) is 95.8 Å². The number of nitrogens with one attached hydrogen (secondary N) is 1. The van der Waals surface area contributed by atoms with Crippen LogP contribution in [0, 0.1) is 5.82 Å². The predicted molar refractivity (Wildman–Crippen MR) is 103 cm³/mol. The van der Waals surface area contributed by atoms with E-state index in [4.69, 9.17) is 0 Å². The highest BCUT2D eigenvalue weighted by molar-refractivity contribution is 6.13. The summed E-state index contributed by atoms with van der Waals surface area (Å²) >= 11 is 0. The largest absolute Gasteiger partial charge is 0.274 e. The maximum Gasteiger partial charge on any atom is 0.274 e. The molecule has 0 spiro atoms. The molecule has 26 heavy (non-hydrogen) atoms. The Morgan fingerprint density at radius 1 is 0.846 bits per heavy atom. The van der Waals surface area contributed by atoms with Crippen molar-refractivity contribution in [1.29, 1.82) is 0 Å². The summed E-state index contributed by atoms with van der Waals surface area (Å²) < 4.78 is 13.7. The SMILES string of the molecule is O=C(NN=Cc1c2ccccc2cc2ccccc12)c1ccccc1F. The second kappa shape index (κ2) is 6.76. The summed E-state index contributed by atoms with van der Waals surface area (Å²) in [7, 11) is 0. The quantitative estimate of drug-likeness (QED) is 0.321. The normalized spacial score (nSPS) is 11.3. The molecule has 0 saturated heterocycles. The van der Waals surface area contributed by atoms with Crippen LogP contribution in [-0.4, -0.2) is 12.1 Å². The van der Waals surface area contributed by atoms with Crippen LogP contribution in [0.15, 0.2) is 84.0 Å². The van der Waals surface area contributed by atoms with Gasteiger partial charge in [-0.15, -0.1) is 0 Å². The van der Waals surface area contributed by atoms with E-state index in [1.165, 1.54) is 18.2 Å². The van der Waals surface area contributed by atoms with E-state index in [-0.39, 0.29) is 5.56 Å². The maximum absolute atomic E-state index is 13.7. The lowest BCUT2D eigenvalue weighted by molar-refractivity contribution is 0.0951. The van der Waals surface area contributed by atoms with E-state index in [1.807, 2.05) is 48.5 Å². The standard InChI is InChI=1S/C22H15FN2O/c23-21-12-6-5-11-19(21)22(26)25-24-14-20-17-9-3-1-7-15(17)13-16-8-2-4-10-18(16)20/h1-14H,(H,25,26). The molecule has 0 bridgehead atoms. The Hall–Kier alpha value is -3.53. The fourth-order valence-electron chi connectivity index (χ4n) is 3.05. The smallest absolute Gasteiger partial charge is 0.267 e. The molecule has 4 rings (SSSR count). The lowest BCUT2D eigenvalue weighted by Crippen LogP contribution is -2.19. The third kappa shape index (κ3) is 2.93. The predicted octanol–water partition coefficient (Wildman–Crippen LogP) is 4.90. The van der Waals surface area contributed by atoms with E-state index in [9.17, 15) is 9.18 Å².